The van der Waals surface area contributed by atoms with Gasteiger partial charge in [0.1, 0.15) is 0 Å². The van der Waals surface area contributed by atoms with Crippen LogP contribution in [0, 0.1) is 18.8 Å². The van der Waals surface area contributed by atoms with Crippen LogP contribution in [0.3, 0.4) is 0 Å². The maximum Gasteiger partial charge on any atom is 0.251 e. The molecule has 1 aliphatic carbocycles. The number of carbonyl (C=O) groups excluding carboxylic acids is 1. The van der Waals surface area contributed by atoms with Crippen LogP contribution < -0.4 is 11.1 Å². The maximum atomic E-state index is 12.2. The van der Waals surface area contributed by atoms with E-state index < -0.39 is 0 Å². The summed E-state index contributed by atoms with van der Waals surface area (Å²) in [6, 6.07) is 5.48. The van der Waals surface area contributed by atoms with Gasteiger partial charge in [-0.1, -0.05) is 25.8 Å². The molecular formula is C16H25ClN2O. The molecule has 0 aliphatic heterocycles. The molecule has 20 heavy (non-hydrogen) atoms. The largest absolute Gasteiger partial charge is 0.399 e. The first-order valence-electron chi connectivity index (χ1n) is 7.20. The van der Waals surface area contributed by atoms with Gasteiger partial charge in [0.05, 0.1) is 0 Å². The number of benzene rings is 1. The minimum Gasteiger partial charge on any atom is -0.399 e. The topological polar surface area (TPSA) is 55.1 Å². The minimum absolute atomic E-state index is 0. The lowest BCUT2D eigenvalue weighted by Crippen LogP contribution is -2.31. The molecule has 1 amide bonds. The summed E-state index contributed by atoms with van der Waals surface area (Å²) in [5.41, 5.74) is 8.06. The van der Waals surface area contributed by atoms with Crippen molar-refractivity contribution in [3.8, 4) is 0 Å². The summed E-state index contributed by atoms with van der Waals surface area (Å²) in [5.74, 6) is 1.43. The molecule has 1 fully saturated rings. The number of hydrogen-bond donors (Lipinski definition) is 2. The fourth-order valence-corrected chi connectivity index (χ4v) is 2.96. The molecular weight excluding hydrogens is 272 g/mol. The number of hydrogen-bond acceptors (Lipinski definition) is 2. The molecule has 0 aromatic heterocycles. The highest BCUT2D eigenvalue weighted by Crippen LogP contribution is 2.28. The maximum absolute atomic E-state index is 12.2. The van der Waals surface area contributed by atoms with Crippen molar-refractivity contribution < 1.29 is 4.79 Å². The average molecular weight is 297 g/mol. The van der Waals surface area contributed by atoms with Crippen molar-refractivity contribution in [3.63, 3.8) is 0 Å². The zero-order chi connectivity index (χ0) is 13.8. The zero-order valence-electron chi connectivity index (χ0n) is 12.3. The molecule has 1 aromatic rings. The third kappa shape index (κ3) is 4.41. The summed E-state index contributed by atoms with van der Waals surface area (Å²) in [5, 5.41) is 3.06. The molecule has 112 valence electrons. The molecule has 2 unspecified atom stereocenters. The van der Waals surface area contributed by atoms with E-state index >= 15 is 0 Å². The fraction of sp³-hybridized carbons (Fsp3) is 0.562. The van der Waals surface area contributed by atoms with E-state index in [1.165, 1.54) is 25.7 Å². The summed E-state index contributed by atoms with van der Waals surface area (Å²) < 4.78 is 0. The van der Waals surface area contributed by atoms with Crippen LogP contribution in [0.2, 0.25) is 0 Å². The van der Waals surface area contributed by atoms with E-state index in [-0.39, 0.29) is 18.3 Å². The molecule has 2 atom stereocenters. The van der Waals surface area contributed by atoms with Gasteiger partial charge in [-0.15, -0.1) is 12.4 Å². The highest BCUT2D eigenvalue weighted by molar-refractivity contribution is 5.96. The Balaban J connectivity index is 0.00000200. The molecule has 1 saturated carbocycles. The Morgan fingerprint density at radius 1 is 1.40 bits per heavy atom. The highest BCUT2D eigenvalue weighted by Gasteiger charge is 2.19. The summed E-state index contributed by atoms with van der Waals surface area (Å²) in [6.07, 6.45) is 5.09. The predicted octanol–water partition coefficient (Wildman–Crippen LogP) is 3.56. The molecule has 3 nitrogen and oxygen atoms in total. The van der Waals surface area contributed by atoms with Crippen LogP contribution in [0.1, 0.15) is 48.5 Å². The molecule has 4 heteroatoms. The van der Waals surface area contributed by atoms with Crippen molar-refractivity contribution in [2.45, 2.75) is 39.5 Å². The number of nitrogens with one attached hydrogen (secondary N) is 1. The second kappa shape index (κ2) is 7.53. The SMILES string of the molecule is Cc1ccc(N)cc1C(=O)NCC1CCCC(C)C1.Cl. The molecule has 0 heterocycles. The van der Waals surface area contributed by atoms with Gasteiger partial charge in [-0.3, -0.25) is 4.79 Å². The zero-order valence-corrected chi connectivity index (χ0v) is 13.1. The standard InChI is InChI=1S/C16H24N2O.ClH/c1-11-4-3-5-13(8-11)10-18-16(19)15-9-14(17)7-6-12(15)2;/h6-7,9,11,13H,3-5,8,10,17H2,1-2H3,(H,18,19);1H. The second-order valence-corrected chi connectivity index (χ2v) is 5.92. The van der Waals surface area contributed by atoms with Crippen LogP contribution >= 0.6 is 12.4 Å². The highest BCUT2D eigenvalue weighted by atomic mass is 35.5. The lowest BCUT2D eigenvalue weighted by molar-refractivity contribution is 0.0940. The summed E-state index contributed by atoms with van der Waals surface area (Å²) in [7, 11) is 0. The van der Waals surface area contributed by atoms with Crippen molar-refractivity contribution in [2.24, 2.45) is 11.8 Å². The number of aryl methyl sites for hydroxylation is 1. The van der Waals surface area contributed by atoms with Crippen LogP contribution in [-0.2, 0) is 0 Å². The number of carbonyl (C=O) groups is 1. The van der Waals surface area contributed by atoms with Gasteiger partial charge in [-0.2, -0.15) is 0 Å². The smallest absolute Gasteiger partial charge is 0.251 e. The van der Waals surface area contributed by atoms with Crippen LogP contribution in [0.4, 0.5) is 5.69 Å². The second-order valence-electron chi connectivity index (χ2n) is 5.92. The van der Waals surface area contributed by atoms with Crippen LogP contribution in [0.25, 0.3) is 0 Å². The van der Waals surface area contributed by atoms with E-state index in [0.717, 1.165) is 18.0 Å². The Labute approximate surface area is 127 Å². The van der Waals surface area contributed by atoms with Crippen LogP contribution in [0.5, 0.6) is 0 Å². The van der Waals surface area contributed by atoms with E-state index in [9.17, 15) is 4.79 Å². The predicted molar refractivity (Wildman–Crippen MR) is 86.3 cm³/mol. The van der Waals surface area contributed by atoms with E-state index in [1.807, 2.05) is 19.1 Å². The molecule has 0 spiro atoms. The summed E-state index contributed by atoms with van der Waals surface area (Å²) >= 11 is 0. The summed E-state index contributed by atoms with van der Waals surface area (Å²) in [6.45, 7) is 5.03. The molecule has 0 bridgehead atoms. The van der Waals surface area contributed by atoms with Crippen molar-refractivity contribution in [2.75, 3.05) is 12.3 Å². The molecule has 3 N–H and O–H groups in total. The third-order valence-electron chi connectivity index (χ3n) is 4.10. The minimum atomic E-state index is 0. The van der Waals surface area contributed by atoms with Gasteiger partial charge in [-0.25, -0.2) is 0 Å². The van der Waals surface area contributed by atoms with Crippen molar-refractivity contribution in [1.29, 1.82) is 0 Å². The third-order valence-corrected chi connectivity index (χ3v) is 4.10. The molecule has 1 aliphatic rings. The van der Waals surface area contributed by atoms with E-state index in [0.29, 0.717) is 17.2 Å². The monoisotopic (exact) mass is 296 g/mol. The number of nitrogens with two attached hydrogens (primary N) is 1. The first-order valence-corrected chi connectivity index (χ1v) is 7.20. The fourth-order valence-electron chi connectivity index (χ4n) is 2.96. The van der Waals surface area contributed by atoms with Crippen LogP contribution in [0.15, 0.2) is 18.2 Å². The Hall–Kier alpha value is -1.22. The molecule has 2 rings (SSSR count). The normalized spacial score (nSPS) is 21.9. The Morgan fingerprint density at radius 2 is 2.15 bits per heavy atom. The Bertz CT molecular complexity index is 462. The van der Waals surface area contributed by atoms with Gasteiger partial charge in [0.25, 0.3) is 5.91 Å². The number of nitrogen functional groups attached to an aromatic ring is 1. The van der Waals surface area contributed by atoms with Gasteiger partial charge in [0.15, 0.2) is 0 Å². The van der Waals surface area contributed by atoms with Crippen molar-refractivity contribution in [1.82, 2.24) is 5.32 Å². The number of anilines is 1. The number of halogens is 1. The van der Waals surface area contributed by atoms with E-state index in [2.05, 4.69) is 12.2 Å². The Kier molecular flexibility index (Phi) is 6.34. The average Bonchev–Trinajstić information content (AvgIpc) is 2.39. The van der Waals surface area contributed by atoms with E-state index in [1.54, 1.807) is 6.07 Å². The van der Waals surface area contributed by atoms with Gasteiger partial charge >= 0.3 is 0 Å². The first kappa shape index (κ1) is 16.8. The van der Waals surface area contributed by atoms with Gasteiger partial charge in [-0.05, 0) is 49.3 Å². The van der Waals surface area contributed by atoms with Gasteiger partial charge < -0.3 is 11.1 Å². The summed E-state index contributed by atoms with van der Waals surface area (Å²) in [4.78, 5) is 12.2. The van der Waals surface area contributed by atoms with Gasteiger partial charge in [0, 0.05) is 17.8 Å². The first-order chi connectivity index (χ1) is 9.06. The molecule has 0 radical (unpaired) electrons. The van der Waals surface area contributed by atoms with Crippen molar-refractivity contribution in [3.05, 3.63) is 29.3 Å². The lowest BCUT2D eigenvalue weighted by atomic mass is 9.82. The quantitative estimate of drug-likeness (QED) is 0.838. The molecule has 0 saturated heterocycles. The Morgan fingerprint density at radius 3 is 2.85 bits per heavy atom. The van der Waals surface area contributed by atoms with Crippen molar-refractivity contribution >= 4 is 24.0 Å². The van der Waals surface area contributed by atoms with Gasteiger partial charge in [0.2, 0.25) is 0 Å². The molecule has 1 aromatic carbocycles. The number of rotatable bonds is 3. The number of amides is 1. The van der Waals surface area contributed by atoms with Crippen LogP contribution in [-0.4, -0.2) is 12.5 Å². The lowest BCUT2D eigenvalue weighted by Gasteiger charge is -2.26. The van der Waals surface area contributed by atoms with E-state index in [4.69, 9.17) is 5.73 Å².